The minimum atomic E-state index is -0.485. The standard InChI is InChI=1S/C16H10BrN3O4/c17-11-3-1-10(2-4-11)15-19-14(16(21)24-15)9-18-12-5-7-13(8-6-12)20(22)23/h1-9,21H. The van der Waals surface area contributed by atoms with E-state index in [1.54, 1.807) is 12.1 Å². The summed E-state index contributed by atoms with van der Waals surface area (Å²) in [6.07, 6.45) is 1.34. The fourth-order valence-corrected chi connectivity index (χ4v) is 2.18. The molecule has 0 fully saturated rings. The van der Waals surface area contributed by atoms with Crippen molar-refractivity contribution < 1.29 is 14.4 Å². The number of nitrogens with zero attached hydrogens (tertiary/aromatic N) is 3. The summed E-state index contributed by atoms with van der Waals surface area (Å²) in [5.41, 5.74) is 1.36. The third kappa shape index (κ3) is 3.49. The molecule has 0 saturated carbocycles. The van der Waals surface area contributed by atoms with Gasteiger partial charge in [0.2, 0.25) is 5.89 Å². The summed E-state index contributed by atoms with van der Waals surface area (Å²) in [6, 6.07) is 13.0. The van der Waals surface area contributed by atoms with Gasteiger partial charge in [-0.05, 0) is 36.4 Å². The molecular weight excluding hydrogens is 378 g/mol. The van der Waals surface area contributed by atoms with Gasteiger partial charge in [0.25, 0.3) is 5.69 Å². The first-order chi connectivity index (χ1) is 11.5. The van der Waals surface area contributed by atoms with Crippen molar-refractivity contribution >= 4 is 33.5 Å². The maximum atomic E-state index is 10.6. The highest BCUT2D eigenvalue weighted by atomic mass is 79.9. The topological polar surface area (TPSA) is 102 Å². The molecule has 0 saturated heterocycles. The van der Waals surface area contributed by atoms with Crippen molar-refractivity contribution in [2.75, 3.05) is 0 Å². The molecule has 8 heteroatoms. The summed E-state index contributed by atoms with van der Waals surface area (Å²) in [4.78, 5) is 18.4. The normalized spacial score (nSPS) is 11.0. The molecule has 1 N–H and O–H groups in total. The van der Waals surface area contributed by atoms with E-state index in [1.165, 1.54) is 30.5 Å². The molecule has 120 valence electrons. The molecule has 0 amide bonds. The second-order valence-corrected chi connectivity index (χ2v) is 5.66. The van der Waals surface area contributed by atoms with Gasteiger partial charge in [0.05, 0.1) is 16.8 Å². The van der Waals surface area contributed by atoms with E-state index >= 15 is 0 Å². The molecule has 0 bridgehead atoms. The minimum Gasteiger partial charge on any atom is -0.479 e. The Hall–Kier alpha value is -3.00. The van der Waals surface area contributed by atoms with Crippen LogP contribution in [0.3, 0.4) is 0 Å². The zero-order valence-electron chi connectivity index (χ0n) is 12.1. The van der Waals surface area contributed by atoms with Crippen LogP contribution in [0.4, 0.5) is 11.4 Å². The lowest BCUT2D eigenvalue weighted by molar-refractivity contribution is -0.384. The SMILES string of the molecule is O=[N+]([O-])c1ccc(N=Cc2nc(-c3ccc(Br)cc3)oc2O)cc1. The summed E-state index contributed by atoms with van der Waals surface area (Å²) in [5.74, 6) is -0.0799. The van der Waals surface area contributed by atoms with Gasteiger partial charge >= 0.3 is 5.95 Å². The van der Waals surface area contributed by atoms with Crippen molar-refractivity contribution in [2.45, 2.75) is 0 Å². The molecule has 1 aromatic heterocycles. The Balaban J connectivity index is 1.82. The third-order valence-electron chi connectivity index (χ3n) is 3.12. The molecule has 2 aromatic carbocycles. The number of oxazole rings is 1. The maximum absolute atomic E-state index is 10.6. The Morgan fingerprint density at radius 3 is 2.46 bits per heavy atom. The van der Waals surface area contributed by atoms with Gasteiger partial charge in [-0.1, -0.05) is 15.9 Å². The number of aromatic nitrogens is 1. The van der Waals surface area contributed by atoms with Crippen molar-refractivity contribution in [1.82, 2.24) is 4.98 Å². The Morgan fingerprint density at radius 1 is 1.17 bits per heavy atom. The predicted molar refractivity (Wildman–Crippen MR) is 91.7 cm³/mol. The van der Waals surface area contributed by atoms with E-state index < -0.39 is 4.92 Å². The average molecular weight is 388 g/mol. The highest BCUT2D eigenvalue weighted by Crippen LogP contribution is 2.27. The number of aliphatic imine (C=N–C) groups is 1. The lowest BCUT2D eigenvalue weighted by Gasteiger charge is -1.94. The summed E-state index contributed by atoms with van der Waals surface area (Å²) in [6.45, 7) is 0. The van der Waals surface area contributed by atoms with Gasteiger partial charge < -0.3 is 9.52 Å². The monoisotopic (exact) mass is 387 g/mol. The van der Waals surface area contributed by atoms with Crippen molar-refractivity contribution in [2.24, 2.45) is 4.99 Å². The average Bonchev–Trinajstić information content (AvgIpc) is 2.95. The second-order valence-electron chi connectivity index (χ2n) is 4.75. The molecule has 0 atom stereocenters. The molecule has 3 aromatic rings. The van der Waals surface area contributed by atoms with E-state index in [9.17, 15) is 15.2 Å². The minimum absolute atomic E-state index is 0.0178. The third-order valence-corrected chi connectivity index (χ3v) is 3.65. The first-order valence-electron chi connectivity index (χ1n) is 6.77. The summed E-state index contributed by atoms with van der Waals surface area (Å²) < 4.78 is 6.15. The molecule has 3 rings (SSSR count). The van der Waals surface area contributed by atoms with Crippen molar-refractivity contribution in [1.29, 1.82) is 0 Å². The molecule has 0 aliphatic heterocycles. The largest absolute Gasteiger partial charge is 0.479 e. The van der Waals surface area contributed by atoms with Crippen LogP contribution in [0.25, 0.3) is 11.5 Å². The number of nitro groups is 1. The van der Waals surface area contributed by atoms with Gasteiger partial charge in [-0.15, -0.1) is 0 Å². The number of hydrogen-bond acceptors (Lipinski definition) is 6. The van der Waals surface area contributed by atoms with Gasteiger partial charge in [0.15, 0.2) is 5.69 Å². The number of rotatable bonds is 4. The van der Waals surface area contributed by atoms with E-state index in [-0.39, 0.29) is 23.2 Å². The van der Waals surface area contributed by atoms with Crippen LogP contribution in [0, 0.1) is 10.1 Å². The predicted octanol–water partition coefficient (Wildman–Crippen LogP) is 4.47. The molecule has 0 aliphatic carbocycles. The Bertz CT molecular complexity index is 902. The zero-order chi connectivity index (χ0) is 17.1. The number of halogens is 1. The lowest BCUT2D eigenvalue weighted by atomic mass is 10.2. The van der Waals surface area contributed by atoms with Gasteiger partial charge in [-0.3, -0.25) is 15.1 Å². The van der Waals surface area contributed by atoms with Crippen LogP contribution in [-0.4, -0.2) is 21.2 Å². The second kappa shape index (κ2) is 6.63. The molecule has 1 heterocycles. The number of benzene rings is 2. The summed E-state index contributed by atoms with van der Waals surface area (Å²) in [7, 11) is 0. The van der Waals surface area contributed by atoms with Crippen LogP contribution in [0.2, 0.25) is 0 Å². The molecule has 24 heavy (non-hydrogen) atoms. The molecule has 0 spiro atoms. The zero-order valence-corrected chi connectivity index (χ0v) is 13.7. The van der Waals surface area contributed by atoms with Gasteiger partial charge in [-0.2, -0.15) is 0 Å². The van der Waals surface area contributed by atoms with Gasteiger partial charge in [-0.25, -0.2) is 4.98 Å². The highest BCUT2D eigenvalue weighted by molar-refractivity contribution is 9.10. The highest BCUT2D eigenvalue weighted by Gasteiger charge is 2.12. The molecular formula is C16H10BrN3O4. The fraction of sp³-hybridized carbons (Fsp3) is 0. The first kappa shape index (κ1) is 15.9. The van der Waals surface area contributed by atoms with Crippen LogP contribution in [0.1, 0.15) is 5.69 Å². The molecule has 0 radical (unpaired) electrons. The number of non-ortho nitro benzene ring substituents is 1. The van der Waals surface area contributed by atoms with Gasteiger partial charge in [0, 0.05) is 22.2 Å². The van der Waals surface area contributed by atoms with E-state index in [0.29, 0.717) is 11.3 Å². The quantitative estimate of drug-likeness (QED) is 0.404. The molecule has 0 aliphatic rings. The van der Waals surface area contributed by atoms with Gasteiger partial charge in [0.1, 0.15) is 0 Å². The van der Waals surface area contributed by atoms with E-state index in [4.69, 9.17) is 4.42 Å². The fourth-order valence-electron chi connectivity index (χ4n) is 1.92. The van der Waals surface area contributed by atoms with Crippen molar-refractivity contribution in [3.8, 4) is 17.4 Å². The first-order valence-corrected chi connectivity index (χ1v) is 7.56. The van der Waals surface area contributed by atoms with Crippen LogP contribution < -0.4 is 0 Å². The van der Waals surface area contributed by atoms with Crippen molar-refractivity contribution in [3.05, 3.63) is 68.8 Å². The molecule has 0 unspecified atom stereocenters. The van der Waals surface area contributed by atoms with Crippen molar-refractivity contribution in [3.63, 3.8) is 0 Å². The number of nitro benzene ring substituents is 1. The lowest BCUT2D eigenvalue weighted by Crippen LogP contribution is -1.86. The summed E-state index contributed by atoms with van der Waals surface area (Å²) in [5, 5.41) is 20.4. The summed E-state index contributed by atoms with van der Waals surface area (Å²) >= 11 is 3.34. The van der Waals surface area contributed by atoms with Crippen LogP contribution in [0.15, 0.2) is 62.4 Å². The Labute approximate surface area is 144 Å². The number of hydrogen-bond donors (Lipinski definition) is 1. The Morgan fingerprint density at radius 2 is 1.83 bits per heavy atom. The van der Waals surface area contributed by atoms with E-state index in [2.05, 4.69) is 25.9 Å². The maximum Gasteiger partial charge on any atom is 0.312 e. The van der Waals surface area contributed by atoms with E-state index in [0.717, 1.165) is 4.47 Å². The van der Waals surface area contributed by atoms with Crippen LogP contribution in [0.5, 0.6) is 5.95 Å². The Kier molecular flexibility index (Phi) is 4.39. The van der Waals surface area contributed by atoms with E-state index in [1.807, 2.05) is 12.1 Å². The van der Waals surface area contributed by atoms with Crippen LogP contribution >= 0.6 is 15.9 Å². The smallest absolute Gasteiger partial charge is 0.312 e. The molecule has 7 nitrogen and oxygen atoms in total. The number of aromatic hydroxyl groups is 1. The van der Waals surface area contributed by atoms with Crippen LogP contribution in [-0.2, 0) is 0 Å².